The number of nitrogens with zero attached hydrogens (tertiary/aromatic N) is 8. The summed E-state index contributed by atoms with van der Waals surface area (Å²) in [7, 11) is -2.13. The van der Waals surface area contributed by atoms with Gasteiger partial charge in [0.25, 0.3) is 41.4 Å². The van der Waals surface area contributed by atoms with Crippen LogP contribution in [0.15, 0.2) is 162 Å². The Labute approximate surface area is 651 Å². The topological polar surface area (TPSA) is 513 Å². The Balaban J connectivity index is 0.000000384. The van der Waals surface area contributed by atoms with E-state index in [4.69, 9.17) is 9.88 Å². The number of esters is 5. The molecule has 0 fully saturated rings. The van der Waals surface area contributed by atoms with Crippen LogP contribution in [0.5, 0.6) is 0 Å². The van der Waals surface area contributed by atoms with Crippen LogP contribution in [0, 0.1) is 20.2 Å². The molecule has 111 heavy (non-hydrogen) atoms. The van der Waals surface area contributed by atoms with E-state index in [1.807, 2.05) is 67.6 Å². The summed E-state index contributed by atoms with van der Waals surface area (Å²) in [5, 5.41) is 49.0. The number of carboxylic acids is 1. The Morgan fingerprint density at radius 1 is 0.495 bits per heavy atom. The molecular weight excluding hydrogens is 1580 g/mol. The third kappa shape index (κ3) is 29.1. The van der Waals surface area contributed by atoms with E-state index in [1.165, 1.54) is 106 Å². The molecule has 604 valence electrons. The Morgan fingerprint density at radius 2 is 0.802 bits per heavy atom. The summed E-state index contributed by atoms with van der Waals surface area (Å²) in [5.41, 5.74) is -2.24. The summed E-state index contributed by atoms with van der Waals surface area (Å²) >= 11 is 2.54. The zero-order chi connectivity index (χ0) is 83.9. The number of nitro groups is 2. The van der Waals surface area contributed by atoms with Gasteiger partial charge in [0.05, 0.1) is 93.7 Å². The summed E-state index contributed by atoms with van der Waals surface area (Å²) in [6, 6.07) is 25.4. The van der Waals surface area contributed by atoms with Crippen LogP contribution >= 0.6 is 23.5 Å². The maximum Gasteiger partial charge on any atom is 0.338 e. The molecule has 0 heterocycles. The number of anilines is 4. The quantitative estimate of drug-likeness (QED) is 0.00418. The lowest BCUT2D eigenvalue weighted by atomic mass is 10.1. The lowest BCUT2D eigenvalue weighted by Gasteiger charge is -2.17. The van der Waals surface area contributed by atoms with Crippen LogP contribution in [0.2, 0.25) is 0 Å². The van der Waals surface area contributed by atoms with Crippen LogP contribution in [0.1, 0.15) is 94.8 Å². The molecule has 0 bridgehead atoms. The van der Waals surface area contributed by atoms with E-state index < -0.39 is 130 Å². The van der Waals surface area contributed by atoms with Crippen LogP contribution < -0.4 is 26.4 Å². The maximum atomic E-state index is 13.1. The highest BCUT2D eigenvalue weighted by Gasteiger charge is 2.34. The summed E-state index contributed by atoms with van der Waals surface area (Å²) in [6.45, 7) is 7.99. The number of ether oxygens (including phenoxy) is 5. The van der Waals surface area contributed by atoms with Crippen molar-refractivity contribution >= 4 is 153 Å². The minimum atomic E-state index is -4.48. The van der Waals surface area contributed by atoms with Gasteiger partial charge in [-0.15, -0.1) is 13.2 Å². The highest BCUT2D eigenvalue weighted by Crippen LogP contribution is 2.43. The van der Waals surface area contributed by atoms with Gasteiger partial charge in [-0.1, -0.05) is 86.6 Å². The normalized spacial score (nSPS) is 11.9. The Kier molecular flexibility index (Phi) is 37.4. The summed E-state index contributed by atoms with van der Waals surface area (Å²) < 4.78 is 134. The summed E-state index contributed by atoms with van der Waals surface area (Å²) in [6.07, 6.45) is 6.87. The van der Waals surface area contributed by atoms with Gasteiger partial charge < -0.3 is 64.8 Å². The monoisotopic (exact) mass is 1660 g/mol. The number of hydrogen-bond donors (Lipinski definition) is 6. The van der Waals surface area contributed by atoms with Crippen LogP contribution in [-0.2, 0) is 73.4 Å². The van der Waals surface area contributed by atoms with E-state index in [0.29, 0.717) is 34.3 Å². The Morgan fingerprint density at radius 3 is 1.10 bits per heavy atom. The van der Waals surface area contributed by atoms with Gasteiger partial charge in [0.2, 0.25) is 10.0 Å². The molecule has 2 atom stereocenters. The number of carboxylic acid groups (broad SMARTS) is 1. The van der Waals surface area contributed by atoms with Crippen molar-refractivity contribution in [1.82, 2.24) is 14.7 Å². The number of hydrogen-bond acceptors (Lipinski definition) is 29. The molecule has 0 aliphatic rings. The predicted molar refractivity (Wildman–Crippen MR) is 418 cm³/mol. The Bertz CT molecular complexity index is 4730. The van der Waals surface area contributed by atoms with E-state index in [-0.39, 0.29) is 32.0 Å². The largest absolute Gasteiger partial charge is 0.478 e. The second kappa shape index (κ2) is 44.0. The average molecular weight is 1660 g/mol. The molecule has 0 aromatic heterocycles. The van der Waals surface area contributed by atoms with Crippen LogP contribution in [-0.4, -0.2) is 221 Å². The number of carbonyl (C=O) groups excluding carboxylic acids is 5. The molecule has 7 N–H and O–H groups in total. The Hall–Kier alpha value is -11.0. The van der Waals surface area contributed by atoms with Crippen molar-refractivity contribution in [2.45, 2.75) is 105 Å². The smallest absolute Gasteiger partial charge is 0.338 e. The van der Waals surface area contributed by atoms with E-state index in [9.17, 15) is 87.8 Å². The molecule has 0 aliphatic heterocycles. The van der Waals surface area contributed by atoms with Crippen molar-refractivity contribution in [1.29, 1.82) is 0 Å². The second-order valence-corrected chi connectivity index (χ2v) is 31.9. The first-order valence-corrected chi connectivity index (χ1v) is 40.0. The summed E-state index contributed by atoms with van der Waals surface area (Å²) in [4.78, 5) is 97.0. The molecule has 0 saturated heterocycles. The molecule has 6 rings (SSSR count). The standard InChI is InChI=1S/C21H27N3O4S2.C17H20N2O4S2.2C15H20N4O8S/c1-5-6-12-22-18-13-16(21(25)28-4)14-19(30(26,27)23-15-24(2)3)20(18)29-17-10-8-7-9-11-17;1-2-3-9-19-14-10-12(17(20)21)11-15(25(18,22)23)16(14)24-13-7-5-4-6-8-13;2*1-9(14(20)26-4)17-13-11(19(22)23)6-10(15(21)27-5)7-12(13)28(24,25)16-8-18(2)3/h7-11,13-15,22H,5-6,12H2,1-4H3;4-8,10-11,19H,2-3,9H2,1H3,(H,20,21)(H2,18,22,23);2*6-9,17H,1-5H3/t;;2*9-/m..10/s1. The maximum absolute atomic E-state index is 13.1. The highest BCUT2D eigenvalue weighted by molar-refractivity contribution is 8.00. The first-order chi connectivity index (χ1) is 52.0. The fourth-order valence-electron chi connectivity index (χ4n) is 8.65. The fraction of sp³-hybridized carbons (Fsp3) is 0.338. The van der Waals surface area contributed by atoms with E-state index >= 15 is 0 Å². The number of sulfonamides is 4. The van der Waals surface area contributed by atoms with Gasteiger partial charge in [0.15, 0.2) is 0 Å². The summed E-state index contributed by atoms with van der Waals surface area (Å²) in [5.74, 6) is -5.36. The predicted octanol–water partition coefficient (Wildman–Crippen LogP) is 8.78. The molecular formula is C68H87N13O24S6. The van der Waals surface area contributed by atoms with Gasteiger partial charge in [-0.3, -0.25) is 20.2 Å². The number of nitro benzene ring substituents is 2. The molecule has 0 aliphatic carbocycles. The number of methoxy groups -OCH3 is 5. The minimum absolute atomic E-state index is 0.0450. The lowest BCUT2D eigenvalue weighted by Crippen LogP contribution is -2.28. The first-order valence-electron chi connectivity index (χ1n) is 32.5. The van der Waals surface area contributed by atoms with Crippen molar-refractivity contribution < 1.29 is 101 Å². The number of benzene rings is 6. The SMILES string of the molecule is CCCCNc1cc(C(=O)O)cc(S(N)(=O)=O)c1Sc1ccccc1.CCCCNc1cc(C(=O)OC)cc(S(=O)(=O)N=CN(C)C)c1Sc1ccccc1.COC(=O)c1cc([N+](=O)[O-])c(N[C@@H](C)C(=O)OC)c(S(=O)(=O)N=CN(C)C)c1.COC(=O)c1cc([N+](=O)[O-])c(N[C@H](C)C(=O)OC)c(S(=O)(=O)N=CN(C)C)c1. The zero-order valence-corrected chi connectivity index (χ0v) is 67.9. The van der Waals surface area contributed by atoms with Crippen LogP contribution in [0.4, 0.5) is 34.1 Å². The highest BCUT2D eigenvalue weighted by atomic mass is 32.2. The number of aromatic carboxylic acids is 1. The van der Waals surface area contributed by atoms with Crippen molar-refractivity contribution in [3.05, 3.63) is 152 Å². The molecule has 0 amide bonds. The van der Waals surface area contributed by atoms with Gasteiger partial charge >= 0.3 is 35.8 Å². The third-order valence-corrected chi connectivity index (χ3v) is 21.3. The van der Waals surface area contributed by atoms with Gasteiger partial charge in [-0.2, -0.15) is 25.3 Å². The zero-order valence-electron chi connectivity index (χ0n) is 63.0. The van der Waals surface area contributed by atoms with Crippen LogP contribution in [0.25, 0.3) is 0 Å². The average Bonchev–Trinajstić information content (AvgIpc) is 0.797. The van der Waals surface area contributed by atoms with E-state index in [1.54, 1.807) is 20.2 Å². The van der Waals surface area contributed by atoms with Crippen molar-refractivity contribution in [3.63, 3.8) is 0 Å². The molecule has 6 aromatic carbocycles. The fourth-order valence-corrected chi connectivity index (χ4v) is 15.4. The van der Waals surface area contributed by atoms with Crippen molar-refractivity contribution in [3.8, 4) is 0 Å². The molecule has 43 heteroatoms. The first kappa shape index (κ1) is 94.2. The molecule has 0 unspecified atom stereocenters. The number of nitrogens with one attached hydrogen (secondary N) is 4. The van der Waals surface area contributed by atoms with Crippen molar-refractivity contribution in [2.24, 2.45) is 18.3 Å². The number of primary sulfonamides is 1. The molecule has 6 aromatic rings. The van der Waals surface area contributed by atoms with E-state index in [0.717, 1.165) is 107 Å². The van der Waals surface area contributed by atoms with Crippen molar-refractivity contribution in [2.75, 3.05) is 112 Å². The second-order valence-electron chi connectivity index (χ2n) is 23.4. The minimum Gasteiger partial charge on any atom is -0.478 e. The van der Waals surface area contributed by atoms with Gasteiger partial charge in [-0.25, -0.2) is 42.3 Å². The van der Waals surface area contributed by atoms with Gasteiger partial charge in [0, 0.05) is 77.3 Å². The number of nitrogens with two attached hydrogens (primary N) is 1. The molecule has 0 saturated carbocycles. The number of unbranched alkanes of at least 4 members (excludes halogenated alkanes) is 2. The number of carbonyl (C=O) groups is 6. The van der Waals surface area contributed by atoms with Gasteiger partial charge in [0.1, 0.15) is 57.2 Å². The van der Waals surface area contributed by atoms with Crippen LogP contribution in [0.3, 0.4) is 0 Å². The molecule has 0 radical (unpaired) electrons. The lowest BCUT2D eigenvalue weighted by molar-refractivity contribution is -0.384. The number of rotatable bonds is 34. The third-order valence-electron chi connectivity index (χ3n) is 14.0. The molecule has 37 nitrogen and oxygen atoms in total. The van der Waals surface area contributed by atoms with Gasteiger partial charge in [-0.05, 0) is 87.4 Å². The van der Waals surface area contributed by atoms with E-state index in [2.05, 4.69) is 60.3 Å². The molecule has 0 spiro atoms.